The van der Waals surface area contributed by atoms with Crippen LogP contribution in [0.5, 0.6) is 11.5 Å². The van der Waals surface area contributed by atoms with E-state index in [1.165, 1.54) is 24.3 Å². The minimum Gasteiger partial charge on any atom is -0.456 e. The minimum atomic E-state index is -3.83. The van der Waals surface area contributed by atoms with E-state index in [1.807, 2.05) is 0 Å². The lowest BCUT2D eigenvalue weighted by Crippen LogP contribution is -2.11. The monoisotopic (exact) mass is 315 g/mol. The van der Waals surface area contributed by atoms with Gasteiger partial charge in [0.15, 0.2) is 0 Å². The van der Waals surface area contributed by atoms with Crippen molar-refractivity contribution in [3.8, 4) is 11.5 Å². The molecule has 0 heterocycles. The summed E-state index contributed by atoms with van der Waals surface area (Å²) in [5, 5.41) is 5.06. The summed E-state index contributed by atoms with van der Waals surface area (Å²) < 4.78 is 41.1. The molecule has 0 aliphatic carbocycles. The molecule has 2 N–H and O–H groups in total. The topological polar surface area (TPSA) is 69.4 Å². The van der Waals surface area contributed by atoms with Crippen molar-refractivity contribution in [3.63, 3.8) is 0 Å². The first-order valence-electron chi connectivity index (χ1n) is 5.54. The highest BCUT2D eigenvalue weighted by molar-refractivity contribution is 7.89. The molecule has 0 fully saturated rings. The van der Waals surface area contributed by atoms with Crippen LogP contribution < -0.4 is 9.88 Å². The Balaban J connectivity index is 2.32. The molecule has 0 saturated carbocycles. The maximum absolute atomic E-state index is 13.4. The van der Waals surface area contributed by atoms with Crippen molar-refractivity contribution in [3.05, 3.63) is 52.8 Å². The van der Waals surface area contributed by atoms with E-state index in [4.69, 9.17) is 21.5 Å². The molecule has 0 aromatic heterocycles. The number of rotatable bonds is 3. The number of hydrogen-bond donors (Lipinski definition) is 1. The van der Waals surface area contributed by atoms with Crippen LogP contribution in [0.3, 0.4) is 0 Å². The molecule has 0 aliphatic heterocycles. The summed E-state index contributed by atoms with van der Waals surface area (Å²) in [5.41, 5.74) is 0.494. The average Bonchev–Trinajstić information content (AvgIpc) is 2.35. The number of benzene rings is 2. The van der Waals surface area contributed by atoms with Crippen molar-refractivity contribution in [2.45, 2.75) is 11.8 Å². The lowest BCUT2D eigenvalue weighted by atomic mass is 10.2. The van der Waals surface area contributed by atoms with Gasteiger partial charge < -0.3 is 4.74 Å². The van der Waals surface area contributed by atoms with Crippen LogP contribution in [0, 0.1) is 12.7 Å². The van der Waals surface area contributed by atoms with Gasteiger partial charge >= 0.3 is 0 Å². The quantitative estimate of drug-likeness (QED) is 0.945. The molecule has 2 aromatic rings. The van der Waals surface area contributed by atoms with Gasteiger partial charge in [0.1, 0.15) is 17.3 Å². The Bertz CT molecular complexity index is 762. The molecule has 0 amide bonds. The smallest absolute Gasteiger partial charge is 0.238 e. The highest BCUT2D eigenvalue weighted by atomic mass is 35.5. The number of hydrogen-bond acceptors (Lipinski definition) is 3. The van der Waals surface area contributed by atoms with Crippen molar-refractivity contribution < 1.29 is 17.5 Å². The van der Waals surface area contributed by atoms with E-state index in [2.05, 4.69) is 0 Å². The zero-order valence-electron chi connectivity index (χ0n) is 10.4. The summed E-state index contributed by atoms with van der Waals surface area (Å²) >= 11 is 5.92. The molecule has 4 nitrogen and oxygen atoms in total. The predicted octanol–water partition coefficient (Wildman–Crippen LogP) is 3.23. The maximum atomic E-state index is 13.4. The number of primary sulfonamides is 1. The molecule has 0 radical (unpaired) electrons. The van der Waals surface area contributed by atoms with Gasteiger partial charge in [0.05, 0.1) is 9.92 Å². The van der Waals surface area contributed by atoms with Gasteiger partial charge in [0.2, 0.25) is 10.0 Å². The molecule has 0 unspecified atom stereocenters. The zero-order valence-corrected chi connectivity index (χ0v) is 12.0. The molecular weight excluding hydrogens is 305 g/mol. The normalized spacial score (nSPS) is 11.4. The van der Waals surface area contributed by atoms with Crippen molar-refractivity contribution >= 4 is 21.6 Å². The Labute approximate surface area is 121 Å². The number of aryl methyl sites for hydroxylation is 1. The van der Waals surface area contributed by atoms with Gasteiger partial charge in [-0.1, -0.05) is 17.7 Å². The molecule has 0 spiro atoms. The van der Waals surface area contributed by atoms with Crippen molar-refractivity contribution in [1.29, 1.82) is 0 Å². The van der Waals surface area contributed by atoms with Crippen LogP contribution in [-0.4, -0.2) is 8.42 Å². The van der Waals surface area contributed by atoms with Crippen molar-refractivity contribution in [2.75, 3.05) is 0 Å². The van der Waals surface area contributed by atoms with E-state index in [0.717, 1.165) is 0 Å². The molecule has 7 heteroatoms. The summed E-state index contributed by atoms with van der Waals surface area (Å²) in [6.45, 7) is 1.63. The van der Waals surface area contributed by atoms with Crippen LogP contribution in [-0.2, 0) is 10.0 Å². The second-order valence-electron chi connectivity index (χ2n) is 4.15. The van der Waals surface area contributed by atoms with Crippen LogP contribution in [0.2, 0.25) is 5.02 Å². The van der Waals surface area contributed by atoms with Crippen LogP contribution in [0.25, 0.3) is 0 Å². The third kappa shape index (κ3) is 3.27. The lowest BCUT2D eigenvalue weighted by Gasteiger charge is -2.09. The second kappa shape index (κ2) is 5.40. The van der Waals surface area contributed by atoms with Crippen molar-refractivity contribution in [2.24, 2.45) is 5.14 Å². The Hall–Kier alpha value is -1.63. The van der Waals surface area contributed by atoms with E-state index < -0.39 is 15.8 Å². The Kier molecular flexibility index (Phi) is 3.99. The molecule has 2 aromatic carbocycles. The van der Waals surface area contributed by atoms with Crippen LogP contribution in [0.15, 0.2) is 41.3 Å². The van der Waals surface area contributed by atoms with Gasteiger partial charge in [-0.15, -0.1) is 0 Å². The highest BCUT2D eigenvalue weighted by Crippen LogP contribution is 2.31. The number of nitrogens with two attached hydrogens (primary N) is 1. The average molecular weight is 316 g/mol. The van der Waals surface area contributed by atoms with E-state index in [9.17, 15) is 12.8 Å². The largest absolute Gasteiger partial charge is 0.456 e. The van der Waals surface area contributed by atoms with Gasteiger partial charge in [-0.25, -0.2) is 17.9 Å². The molecule has 0 aliphatic rings. The molecule has 0 atom stereocenters. The molecule has 106 valence electrons. The highest BCUT2D eigenvalue weighted by Gasteiger charge is 2.12. The summed E-state index contributed by atoms with van der Waals surface area (Å²) in [7, 11) is -3.83. The van der Waals surface area contributed by atoms with Crippen LogP contribution in [0.4, 0.5) is 4.39 Å². The first kappa shape index (κ1) is 14.8. The zero-order chi connectivity index (χ0) is 14.9. The summed E-state index contributed by atoms with van der Waals surface area (Å²) in [4.78, 5) is -0.120. The third-order valence-corrected chi connectivity index (χ3v) is 3.81. The first-order valence-corrected chi connectivity index (χ1v) is 7.46. The first-order chi connectivity index (χ1) is 9.27. The van der Waals surface area contributed by atoms with Crippen molar-refractivity contribution in [1.82, 2.24) is 0 Å². The minimum absolute atomic E-state index is 0.0671. The SMILES string of the molecule is Cc1ccc(Oc2ccc(S(N)(=O)=O)cc2Cl)cc1F. The molecule has 2 rings (SSSR count). The number of sulfonamides is 1. The fourth-order valence-electron chi connectivity index (χ4n) is 1.51. The number of ether oxygens (including phenoxy) is 1. The molecule has 0 saturated heterocycles. The van der Waals surface area contributed by atoms with Gasteiger partial charge in [0.25, 0.3) is 0 Å². The Morgan fingerprint density at radius 2 is 1.90 bits per heavy atom. The second-order valence-corrected chi connectivity index (χ2v) is 6.12. The molecule has 0 bridgehead atoms. The predicted molar refractivity (Wildman–Crippen MR) is 74.0 cm³/mol. The fraction of sp³-hybridized carbons (Fsp3) is 0.0769. The third-order valence-electron chi connectivity index (χ3n) is 2.60. The summed E-state index contributed by atoms with van der Waals surface area (Å²) in [5.74, 6) is 0.0699. The van der Waals surface area contributed by atoms with Crippen LogP contribution >= 0.6 is 11.6 Å². The molecule has 20 heavy (non-hydrogen) atoms. The van der Waals surface area contributed by atoms with Crippen LogP contribution in [0.1, 0.15) is 5.56 Å². The van der Waals surface area contributed by atoms with Gasteiger partial charge in [-0.05, 0) is 36.8 Å². The van der Waals surface area contributed by atoms with E-state index >= 15 is 0 Å². The van der Waals surface area contributed by atoms with Gasteiger partial charge in [-0.2, -0.15) is 0 Å². The standard InChI is InChI=1S/C13H11ClFNO3S/c1-8-2-3-9(6-12(8)15)19-13-5-4-10(7-11(13)14)20(16,17)18/h2-7H,1H3,(H2,16,17,18). The molecular formula is C13H11ClFNO3S. The van der Waals surface area contributed by atoms with E-state index in [1.54, 1.807) is 19.1 Å². The lowest BCUT2D eigenvalue weighted by molar-refractivity contribution is 0.476. The summed E-state index contributed by atoms with van der Waals surface area (Å²) in [6.07, 6.45) is 0. The van der Waals surface area contributed by atoms with Gasteiger partial charge in [0, 0.05) is 6.07 Å². The van der Waals surface area contributed by atoms with E-state index in [-0.39, 0.29) is 21.4 Å². The Morgan fingerprint density at radius 3 is 2.45 bits per heavy atom. The maximum Gasteiger partial charge on any atom is 0.238 e. The fourth-order valence-corrected chi connectivity index (χ4v) is 2.33. The van der Waals surface area contributed by atoms with Gasteiger partial charge in [-0.3, -0.25) is 0 Å². The number of halogens is 2. The van der Waals surface area contributed by atoms with E-state index in [0.29, 0.717) is 5.56 Å². The summed E-state index contributed by atoms with van der Waals surface area (Å²) in [6, 6.07) is 8.18. The Morgan fingerprint density at radius 1 is 1.20 bits per heavy atom.